The Morgan fingerprint density at radius 1 is 1.33 bits per heavy atom. The molecule has 2 N–H and O–H groups in total. The largest absolute Gasteiger partial charge is 0.315 e. The zero-order valence-electron chi connectivity index (χ0n) is 8.80. The third-order valence-electron chi connectivity index (χ3n) is 2.80. The third-order valence-corrected chi connectivity index (χ3v) is 2.80. The molecule has 0 amide bonds. The SMILES string of the molecule is Fc1ccc(CN[C@@H]2CCCNC2)cc1. The van der Waals surface area contributed by atoms with Gasteiger partial charge in [0.15, 0.2) is 0 Å². The summed E-state index contributed by atoms with van der Waals surface area (Å²) in [5, 5.41) is 6.83. The van der Waals surface area contributed by atoms with Gasteiger partial charge in [-0.15, -0.1) is 0 Å². The zero-order valence-corrected chi connectivity index (χ0v) is 8.80. The zero-order chi connectivity index (χ0) is 10.5. The number of hydrogen-bond acceptors (Lipinski definition) is 2. The topological polar surface area (TPSA) is 24.1 Å². The molecular formula is C12H17FN2. The Labute approximate surface area is 89.9 Å². The van der Waals surface area contributed by atoms with Crippen LogP contribution in [0.15, 0.2) is 24.3 Å². The van der Waals surface area contributed by atoms with Crippen molar-refractivity contribution in [2.24, 2.45) is 0 Å². The number of piperidine rings is 1. The number of nitrogens with one attached hydrogen (secondary N) is 2. The Bertz CT molecular complexity index is 291. The summed E-state index contributed by atoms with van der Waals surface area (Å²) in [6, 6.07) is 7.24. The van der Waals surface area contributed by atoms with Crippen molar-refractivity contribution in [1.29, 1.82) is 0 Å². The van der Waals surface area contributed by atoms with Gasteiger partial charge in [0.1, 0.15) is 5.82 Å². The van der Waals surface area contributed by atoms with Crippen molar-refractivity contribution in [2.45, 2.75) is 25.4 Å². The maximum atomic E-state index is 12.7. The van der Waals surface area contributed by atoms with Crippen LogP contribution in [0.3, 0.4) is 0 Å². The Hall–Kier alpha value is -0.930. The molecule has 2 nitrogen and oxygen atoms in total. The molecule has 0 spiro atoms. The monoisotopic (exact) mass is 208 g/mol. The normalized spacial score (nSPS) is 21.5. The molecule has 0 radical (unpaired) electrons. The van der Waals surface area contributed by atoms with Gasteiger partial charge < -0.3 is 10.6 Å². The van der Waals surface area contributed by atoms with Crippen LogP contribution in [0.4, 0.5) is 4.39 Å². The van der Waals surface area contributed by atoms with Crippen LogP contribution < -0.4 is 10.6 Å². The highest BCUT2D eigenvalue weighted by atomic mass is 19.1. The van der Waals surface area contributed by atoms with Crippen LogP contribution in [0.1, 0.15) is 18.4 Å². The summed E-state index contributed by atoms with van der Waals surface area (Å²) in [5.74, 6) is -0.168. The second kappa shape index (κ2) is 5.24. The van der Waals surface area contributed by atoms with E-state index < -0.39 is 0 Å². The van der Waals surface area contributed by atoms with Gasteiger partial charge in [-0.1, -0.05) is 12.1 Å². The second-order valence-electron chi connectivity index (χ2n) is 4.05. The first-order chi connectivity index (χ1) is 7.34. The number of rotatable bonds is 3. The third kappa shape index (κ3) is 3.29. The van der Waals surface area contributed by atoms with Crippen LogP contribution in [0, 0.1) is 5.82 Å². The molecule has 1 aliphatic heterocycles. The van der Waals surface area contributed by atoms with Crippen molar-refractivity contribution in [2.75, 3.05) is 13.1 Å². The molecule has 0 aliphatic carbocycles. The lowest BCUT2D eigenvalue weighted by molar-refractivity contribution is 0.389. The molecule has 0 bridgehead atoms. The molecule has 3 heteroatoms. The van der Waals surface area contributed by atoms with Crippen LogP contribution in [-0.4, -0.2) is 19.1 Å². The highest BCUT2D eigenvalue weighted by Gasteiger charge is 2.11. The summed E-state index contributed by atoms with van der Waals surface area (Å²) in [6.07, 6.45) is 2.47. The number of benzene rings is 1. The molecule has 0 saturated carbocycles. The highest BCUT2D eigenvalue weighted by Crippen LogP contribution is 2.05. The van der Waals surface area contributed by atoms with Gasteiger partial charge in [-0.3, -0.25) is 0 Å². The van der Waals surface area contributed by atoms with Crippen LogP contribution in [0.5, 0.6) is 0 Å². The summed E-state index contributed by atoms with van der Waals surface area (Å²) in [6.45, 7) is 3.00. The fourth-order valence-electron chi connectivity index (χ4n) is 1.89. The van der Waals surface area contributed by atoms with Gasteiger partial charge in [0.25, 0.3) is 0 Å². The van der Waals surface area contributed by atoms with E-state index in [2.05, 4.69) is 10.6 Å². The van der Waals surface area contributed by atoms with E-state index in [1.54, 1.807) is 0 Å². The summed E-state index contributed by atoms with van der Waals surface area (Å²) in [7, 11) is 0. The smallest absolute Gasteiger partial charge is 0.123 e. The van der Waals surface area contributed by atoms with Crippen molar-refractivity contribution in [3.05, 3.63) is 35.6 Å². The average Bonchev–Trinajstić information content (AvgIpc) is 2.30. The first-order valence-corrected chi connectivity index (χ1v) is 5.53. The Morgan fingerprint density at radius 3 is 2.80 bits per heavy atom. The molecule has 0 aromatic heterocycles. The molecule has 1 aromatic carbocycles. The van der Waals surface area contributed by atoms with Crippen molar-refractivity contribution in [3.8, 4) is 0 Å². The van der Waals surface area contributed by atoms with Crippen molar-refractivity contribution in [3.63, 3.8) is 0 Å². The van der Waals surface area contributed by atoms with E-state index in [4.69, 9.17) is 0 Å². The molecule has 1 fully saturated rings. The first-order valence-electron chi connectivity index (χ1n) is 5.53. The van der Waals surface area contributed by atoms with E-state index in [0.29, 0.717) is 6.04 Å². The molecule has 1 heterocycles. The Morgan fingerprint density at radius 2 is 2.13 bits per heavy atom. The fourth-order valence-corrected chi connectivity index (χ4v) is 1.89. The van der Waals surface area contributed by atoms with Crippen LogP contribution in [0.25, 0.3) is 0 Å². The quantitative estimate of drug-likeness (QED) is 0.789. The Balaban J connectivity index is 1.79. The second-order valence-corrected chi connectivity index (χ2v) is 4.05. The molecule has 1 aromatic rings. The van der Waals surface area contributed by atoms with E-state index >= 15 is 0 Å². The molecule has 2 rings (SSSR count). The maximum absolute atomic E-state index is 12.7. The molecular weight excluding hydrogens is 191 g/mol. The minimum absolute atomic E-state index is 0.168. The van der Waals surface area contributed by atoms with Crippen LogP contribution >= 0.6 is 0 Å². The van der Waals surface area contributed by atoms with Crippen molar-refractivity contribution in [1.82, 2.24) is 10.6 Å². The standard InChI is InChI=1S/C12H17FN2/c13-11-5-3-10(4-6-11)8-15-12-2-1-7-14-9-12/h3-6,12,14-15H,1-2,7-9H2/t12-/m1/s1. The van der Waals surface area contributed by atoms with Crippen molar-refractivity contribution < 1.29 is 4.39 Å². The van der Waals surface area contributed by atoms with Gasteiger partial charge in [0.2, 0.25) is 0 Å². The predicted octanol–water partition coefficient (Wildman–Crippen LogP) is 1.67. The van der Waals surface area contributed by atoms with E-state index in [0.717, 1.165) is 25.2 Å². The van der Waals surface area contributed by atoms with Gasteiger partial charge in [0, 0.05) is 19.1 Å². The lowest BCUT2D eigenvalue weighted by atomic mass is 10.1. The molecule has 0 unspecified atom stereocenters. The van der Waals surface area contributed by atoms with Gasteiger partial charge >= 0.3 is 0 Å². The summed E-state index contributed by atoms with van der Waals surface area (Å²) in [5.41, 5.74) is 1.14. The highest BCUT2D eigenvalue weighted by molar-refractivity contribution is 5.15. The molecule has 15 heavy (non-hydrogen) atoms. The average molecular weight is 208 g/mol. The number of halogens is 1. The van der Waals surface area contributed by atoms with Gasteiger partial charge in [0.05, 0.1) is 0 Å². The van der Waals surface area contributed by atoms with E-state index in [1.165, 1.54) is 25.0 Å². The maximum Gasteiger partial charge on any atom is 0.123 e. The summed E-state index contributed by atoms with van der Waals surface area (Å²) >= 11 is 0. The van der Waals surface area contributed by atoms with Crippen molar-refractivity contribution >= 4 is 0 Å². The Kier molecular flexibility index (Phi) is 3.69. The lowest BCUT2D eigenvalue weighted by Crippen LogP contribution is -2.42. The minimum atomic E-state index is -0.168. The summed E-state index contributed by atoms with van der Waals surface area (Å²) in [4.78, 5) is 0. The molecule has 1 atom stereocenters. The summed E-state index contributed by atoms with van der Waals surface area (Å²) < 4.78 is 12.7. The van der Waals surface area contributed by atoms with Crippen LogP contribution in [0.2, 0.25) is 0 Å². The van der Waals surface area contributed by atoms with Gasteiger partial charge in [-0.25, -0.2) is 4.39 Å². The van der Waals surface area contributed by atoms with Gasteiger partial charge in [-0.2, -0.15) is 0 Å². The van der Waals surface area contributed by atoms with Crippen LogP contribution in [-0.2, 0) is 6.54 Å². The first kappa shape index (κ1) is 10.6. The minimum Gasteiger partial charge on any atom is -0.315 e. The predicted molar refractivity (Wildman–Crippen MR) is 59.1 cm³/mol. The lowest BCUT2D eigenvalue weighted by Gasteiger charge is -2.23. The van der Waals surface area contributed by atoms with Gasteiger partial charge in [-0.05, 0) is 37.1 Å². The van der Waals surface area contributed by atoms with E-state index in [1.807, 2.05) is 12.1 Å². The fraction of sp³-hybridized carbons (Fsp3) is 0.500. The molecule has 82 valence electrons. The van der Waals surface area contributed by atoms with E-state index in [-0.39, 0.29) is 5.82 Å². The van der Waals surface area contributed by atoms with E-state index in [9.17, 15) is 4.39 Å². The molecule has 1 aliphatic rings. The number of hydrogen-bond donors (Lipinski definition) is 2. The molecule has 1 saturated heterocycles.